The van der Waals surface area contributed by atoms with E-state index in [1.54, 1.807) is 6.07 Å². The van der Waals surface area contributed by atoms with E-state index in [9.17, 15) is 14.4 Å². The van der Waals surface area contributed by atoms with Gasteiger partial charge in [-0.15, -0.1) is 0 Å². The molecule has 5 rings (SSSR count). The summed E-state index contributed by atoms with van der Waals surface area (Å²) < 4.78 is 21.8. The monoisotopic (exact) mass is 463 g/mol. The third-order valence-corrected chi connectivity index (χ3v) is 6.62. The summed E-state index contributed by atoms with van der Waals surface area (Å²) in [5.41, 5.74) is 1.38. The molecule has 1 amide bonds. The highest BCUT2D eigenvalue weighted by atomic mass is 19.1. The van der Waals surface area contributed by atoms with Crippen LogP contribution < -0.4 is 10.3 Å². The van der Waals surface area contributed by atoms with E-state index in [2.05, 4.69) is 0 Å². The van der Waals surface area contributed by atoms with E-state index in [1.165, 1.54) is 19.4 Å². The average Bonchev–Trinajstić information content (AvgIpc) is 3.70. The molecule has 0 unspecified atom stereocenters. The number of hydrogen-bond acceptors (Lipinski definition) is 5. The fraction of sp³-hybridized carbons (Fsp3) is 0.346. The molecule has 0 bridgehead atoms. The molecule has 0 N–H and O–H groups in total. The lowest BCUT2D eigenvalue weighted by Gasteiger charge is -2.36. The minimum atomic E-state index is -0.720. The topological polar surface area (TPSA) is 71.8 Å². The van der Waals surface area contributed by atoms with E-state index >= 15 is 4.39 Å². The van der Waals surface area contributed by atoms with Crippen molar-refractivity contribution in [2.24, 2.45) is 0 Å². The molecule has 1 aliphatic carbocycles. The second-order valence-corrected chi connectivity index (χ2v) is 8.85. The largest absolute Gasteiger partial charge is 0.465 e. The molecule has 0 radical (unpaired) electrons. The van der Waals surface area contributed by atoms with Gasteiger partial charge in [-0.1, -0.05) is 30.3 Å². The summed E-state index contributed by atoms with van der Waals surface area (Å²) in [6.07, 6.45) is 3.76. The van der Waals surface area contributed by atoms with Gasteiger partial charge in [-0.2, -0.15) is 0 Å². The number of anilines is 1. The highest BCUT2D eigenvalue weighted by Gasteiger charge is 2.29. The molecule has 2 heterocycles. The summed E-state index contributed by atoms with van der Waals surface area (Å²) in [5.74, 6) is -1.18. The standard InChI is InChI=1S/C26H26FN3O4/c1-34-26(33)20-16-30(18-7-8-18)22-15-23(21(27)14-19(22)25(20)32)28-9-11-29(12-10-28)24(31)13-17-5-3-2-4-6-17/h2-6,14-16,18H,7-13H2,1H3. The van der Waals surface area contributed by atoms with Crippen LogP contribution in [0, 0.1) is 5.82 Å². The van der Waals surface area contributed by atoms with Crippen LogP contribution >= 0.6 is 0 Å². The zero-order chi connectivity index (χ0) is 23.8. The molecule has 8 heteroatoms. The highest BCUT2D eigenvalue weighted by molar-refractivity contribution is 5.94. The number of pyridine rings is 1. The van der Waals surface area contributed by atoms with Crippen molar-refractivity contribution in [3.63, 3.8) is 0 Å². The zero-order valence-electron chi connectivity index (χ0n) is 19.0. The lowest BCUT2D eigenvalue weighted by atomic mass is 10.1. The molecule has 7 nitrogen and oxygen atoms in total. The minimum absolute atomic E-state index is 0.0581. The highest BCUT2D eigenvalue weighted by Crippen LogP contribution is 2.38. The number of esters is 1. The van der Waals surface area contributed by atoms with Crippen molar-refractivity contribution < 1.29 is 18.7 Å². The first-order chi connectivity index (χ1) is 16.5. The third-order valence-electron chi connectivity index (χ3n) is 6.62. The Balaban J connectivity index is 1.40. The number of halogens is 1. The molecule has 2 aliphatic rings. The Morgan fingerprint density at radius 3 is 2.41 bits per heavy atom. The van der Waals surface area contributed by atoms with Gasteiger partial charge in [0.15, 0.2) is 0 Å². The Hall–Kier alpha value is -3.68. The lowest BCUT2D eigenvalue weighted by Crippen LogP contribution is -2.49. The van der Waals surface area contributed by atoms with E-state index in [1.807, 2.05) is 44.7 Å². The Labute approximate surface area is 196 Å². The van der Waals surface area contributed by atoms with E-state index in [-0.39, 0.29) is 22.9 Å². The maximum absolute atomic E-state index is 15.2. The molecule has 2 aromatic carbocycles. The molecule has 2 fully saturated rings. The number of piperazine rings is 1. The van der Waals surface area contributed by atoms with Crippen molar-refractivity contribution in [1.82, 2.24) is 9.47 Å². The van der Waals surface area contributed by atoms with Gasteiger partial charge in [0.05, 0.1) is 24.7 Å². The Morgan fingerprint density at radius 2 is 1.76 bits per heavy atom. The van der Waals surface area contributed by atoms with Gasteiger partial charge in [-0.25, -0.2) is 9.18 Å². The van der Waals surface area contributed by atoms with Crippen LogP contribution in [0.4, 0.5) is 10.1 Å². The number of fused-ring (bicyclic) bond motifs is 1. The van der Waals surface area contributed by atoms with Gasteiger partial charge in [0.2, 0.25) is 11.3 Å². The number of benzene rings is 2. The van der Waals surface area contributed by atoms with Gasteiger partial charge < -0.3 is 19.1 Å². The second-order valence-electron chi connectivity index (χ2n) is 8.85. The Kier molecular flexibility index (Phi) is 5.81. The summed E-state index contributed by atoms with van der Waals surface area (Å²) in [6, 6.07) is 12.7. The molecule has 176 valence electrons. The minimum Gasteiger partial charge on any atom is -0.465 e. The van der Waals surface area contributed by atoms with Crippen molar-refractivity contribution in [2.75, 3.05) is 38.2 Å². The SMILES string of the molecule is COC(=O)c1cn(C2CC2)c2cc(N3CCN(C(=O)Cc4ccccc4)CC3)c(F)cc2c1=O. The van der Waals surface area contributed by atoms with Crippen LogP contribution in [0.2, 0.25) is 0 Å². The number of nitrogens with zero attached hydrogens (tertiary/aromatic N) is 3. The quantitative estimate of drug-likeness (QED) is 0.544. The van der Waals surface area contributed by atoms with Crippen LogP contribution in [0.25, 0.3) is 10.9 Å². The summed E-state index contributed by atoms with van der Waals surface area (Å²) in [6.45, 7) is 1.99. The summed E-state index contributed by atoms with van der Waals surface area (Å²) in [5, 5.41) is 0.174. The van der Waals surface area contributed by atoms with Crippen LogP contribution in [0.3, 0.4) is 0 Å². The number of amides is 1. The first kappa shape index (κ1) is 22.1. The predicted octanol–water partition coefficient (Wildman–Crippen LogP) is 3.15. The molecule has 3 aromatic rings. The van der Waals surface area contributed by atoms with Crippen molar-refractivity contribution in [3.05, 3.63) is 75.8 Å². The number of ether oxygens (including phenoxy) is 1. The van der Waals surface area contributed by atoms with Gasteiger partial charge >= 0.3 is 5.97 Å². The zero-order valence-corrected chi connectivity index (χ0v) is 19.0. The number of carbonyl (C=O) groups is 2. The fourth-order valence-electron chi connectivity index (χ4n) is 4.59. The smallest absolute Gasteiger partial charge is 0.343 e. The molecule has 1 saturated carbocycles. The van der Waals surface area contributed by atoms with Crippen LogP contribution in [0.15, 0.2) is 53.5 Å². The molecule has 1 aliphatic heterocycles. The molecule has 1 aromatic heterocycles. The molecule has 0 atom stereocenters. The number of hydrogen-bond donors (Lipinski definition) is 0. The van der Waals surface area contributed by atoms with Crippen LogP contribution in [-0.4, -0.2) is 54.6 Å². The number of carbonyl (C=O) groups excluding carboxylic acids is 2. The predicted molar refractivity (Wildman–Crippen MR) is 127 cm³/mol. The van der Waals surface area contributed by atoms with Gasteiger partial charge in [0, 0.05) is 43.8 Å². The Morgan fingerprint density at radius 1 is 1.06 bits per heavy atom. The van der Waals surface area contributed by atoms with Crippen molar-refractivity contribution in [1.29, 1.82) is 0 Å². The molecular formula is C26H26FN3O4. The summed E-state index contributed by atoms with van der Waals surface area (Å²) in [7, 11) is 1.22. The Bertz CT molecular complexity index is 1310. The summed E-state index contributed by atoms with van der Waals surface area (Å²) >= 11 is 0. The number of aromatic nitrogens is 1. The molecule has 1 saturated heterocycles. The van der Waals surface area contributed by atoms with Gasteiger partial charge in [-0.05, 0) is 30.5 Å². The number of methoxy groups -OCH3 is 1. The lowest BCUT2D eigenvalue weighted by molar-refractivity contribution is -0.130. The maximum atomic E-state index is 15.2. The summed E-state index contributed by atoms with van der Waals surface area (Å²) in [4.78, 5) is 41.4. The van der Waals surface area contributed by atoms with Crippen molar-refractivity contribution >= 4 is 28.5 Å². The van der Waals surface area contributed by atoms with Crippen molar-refractivity contribution in [3.8, 4) is 0 Å². The average molecular weight is 464 g/mol. The van der Waals surface area contributed by atoms with E-state index in [0.29, 0.717) is 43.8 Å². The maximum Gasteiger partial charge on any atom is 0.343 e. The van der Waals surface area contributed by atoms with E-state index in [4.69, 9.17) is 4.74 Å². The van der Waals surface area contributed by atoms with E-state index in [0.717, 1.165) is 18.4 Å². The first-order valence-corrected chi connectivity index (χ1v) is 11.5. The molecule has 34 heavy (non-hydrogen) atoms. The second kappa shape index (κ2) is 8.93. The molecular weight excluding hydrogens is 437 g/mol. The van der Waals surface area contributed by atoms with E-state index < -0.39 is 17.2 Å². The normalized spacial score (nSPS) is 16.1. The number of rotatable bonds is 5. The van der Waals surface area contributed by atoms with Crippen molar-refractivity contribution in [2.45, 2.75) is 25.3 Å². The van der Waals surface area contributed by atoms with Gasteiger partial charge in [0.25, 0.3) is 0 Å². The van der Waals surface area contributed by atoms with Crippen LogP contribution in [-0.2, 0) is 16.0 Å². The van der Waals surface area contributed by atoms with Gasteiger partial charge in [-0.3, -0.25) is 9.59 Å². The van der Waals surface area contributed by atoms with Crippen LogP contribution in [0.1, 0.15) is 34.8 Å². The first-order valence-electron chi connectivity index (χ1n) is 11.5. The fourth-order valence-corrected chi connectivity index (χ4v) is 4.59. The van der Waals surface area contributed by atoms with Crippen LogP contribution in [0.5, 0.6) is 0 Å². The molecule has 0 spiro atoms. The van der Waals surface area contributed by atoms with Gasteiger partial charge in [0.1, 0.15) is 11.4 Å². The third kappa shape index (κ3) is 4.16.